The minimum Gasteiger partial charge on any atom is -0.368 e. The largest absolute Gasteiger partial charge is 0.368 e. The molecule has 2 fully saturated rings. The number of aromatic nitrogens is 1. The fourth-order valence-electron chi connectivity index (χ4n) is 4.41. The van der Waals surface area contributed by atoms with Crippen LogP contribution in [0, 0.1) is 6.92 Å². The highest BCUT2D eigenvalue weighted by Crippen LogP contribution is 2.33. The Morgan fingerprint density at radius 2 is 1.72 bits per heavy atom. The standard InChI is InChI=1S/C23H28N4O2/c1-17-15-20(16-21(24-17)22-9-6-10-27(22)18(2)28)25-11-13-26(14-12-25)23(29)19-7-4-3-5-8-19/h3-5,7-8,15-16,22H,6,9-14H2,1-2H3/t22-/m0/s1. The first-order chi connectivity index (χ1) is 14.0. The summed E-state index contributed by atoms with van der Waals surface area (Å²) in [6.45, 7) is 7.45. The van der Waals surface area contributed by atoms with Crippen molar-refractivity contribution in [2.24, 2.45) is 0 Å². The number of anilines is 1. The van der Waals surface area contributed by atoms with Crippen molar-refractivity contribution < 1.29 is 9.59 Å². The maximum absolute atomic E-state index is 12.7. The Bertz CT molecular complexity index is 891. The smallest absolute Gasteiger partial charge is 0.253 e. The predicted molar refractivity (Wildman–Crippen MR) is 113 cm³/mol. The average Bonchev–Trinajstić information content (AvgIpc) is 3.24. The molecule has 6 nitrogen and oxygen atoms in total. The van der Waals surface area contributed by atoms with Gasteiger partial charge in [-0.1, -0.05) is 18.2 Å². The minimum atomic E-state index is 0.0760. The van der Waals surface area contributed by atoms with Gasteiger partial charge in [-0.05, 0) is 44.0 Å². The Hall–Kier alpha value is -2.89. The summed E-state index contributed by atoms with van der Waals surface area (Å²) in [4.78, 5) is 35.6. The van der Waals surface area contributed by atoms with Crippen LogP contribution in [0.2, 0.25) is 0 Å². The van der Waals surface area contributed by atoms with Crippen molar-refractivity contribution in [3.8, 4) is 0 Å². The van der Waals surface area contributed by atoms with Gasteiger partial charge in [-0.3, -0.25) is 14.6 Å². The lowest BCUT2D eigenvalue weighted by molar-refractivity contribution is -0.129. The number of amides is 2. The molecule has 2 aliphatic heterocycles. The SMILES string of the molecule is CC(=O)N1CCC[C@H]1c1cc(N2CCN(C(=O)c3ccccc3)CC2)cc(C)n1. The Kier molecular flexibility index (Phi) is 5.51. The summed E-state index contributed by atoms with van der Waals surface area (Å²) in [5, 5.41) is 0. The molecule has 2 amide bonds. The van der Waals surface area contributed by atoms with Gasteiger partial charge in [0, 0.05) is 56.6 Å². The number of carbonyl (C=O) groups excluding carboxylic acids is 2. The molecule has 2 saturated heterocycles. The lowest BCUT2D eigenvalue weighted by Crippen LogP contribution is -2.48. The number of hydrogen-bond donors (Lipinski definition) is 0. The molecular formula is C23H28N4O2. The average molecular weight is 393 g/mol. The van der Waals surface area contributed by atoms with Crippen molar-refractivity contribution in [2.45, 2.75) is 32.7 Å². The van der Waals surface area contributed by atoms with Crippen LogP contribution in [0.5, 0.6) is 0 Å². The Balaban J connectivity index is 1.47. The number of aryl methyl sites for hydroxylation is 1. The fourth-order valence-corrected chi connectivity index (χ4v) is 4.41. The molecule has 0 radical (unpaired) electrons. The van der Waals surface area contributed by atoms with Gasteiger partial charge in [-0.25, -0.2) is 0 Å². The number of piperazine rings is 1. The number of rotatable bonds is 3. The summed E-state index contributed by atoms with van der Waals surface area (Å²) in [6, 6.07) is 13.8. The predicted octanol–water partition coefficient (Wildman–Crippen LogP) is 3.04. The molecule has 0 unspecified atom stereocenters. The van der Waals surface area contributed by atoms with Crippen LogP contribution in [0.4, 0.5) is 5.69 Å². The molecule has 0 saturated carbocycles. The number of hydrogen-bond acceptors (Lipinski definition) is 4. The van der Waals surface area contributed by atoms with E-state index in [9.17, 15) is 9.59 Å². The monoisotopic (exact) mass is 392 g/mol. The van der Waals surface area contributed by atoms with Crippen LogP contribution in [-0.4, -0.2) is 59.3 Å². The number of benzene rings is 1. The number of pyridine rings is 1. The maximum atomic E-state index is 12.7. The zero-order valence-electron chi connectivity index (χ0n) is 17.2. The Morgan fingerprint density at radius 3 is 2.41 bits per heavy atom. The van der Waals surface area contributed by atoms with Gasteiger partial charge in [0.05, 0.1) is 11.7 Å². The molecule has 29 heavy (non-hydrogen) atoms. The van der Waals surface area contributed by atoms with Crippen LogP contribution in [0.15, 0.2) is 42.5 Å². The van der Waals surface area contributed by atoms with Gasteiger partial charge in [0.2, 0.25) is 5.91 Å². The van der Waals surface area contributed by atoms with Crippen molar-refractivity contribution in [3.63, 3.8) is 0 Å². The molecule has 0 spiro atoms. The summed E-state index contributed by atoms with van der Waals surface area (Å²) >= 11 is 0. The molecule has 1 atom stereocenters. The van der Waals surface area contributed by atoms with Crippen molar-refractivity contribution in [3.05, 3.63) is 59.4 Å². The summed E-state index contributed by atoms with van der Waals surface area (Å²) < 4.78 is 0. The van der Waals surface area contributed by atoms with Gasteiger partial charge in [-0.2, -0.15) is 0 Å². The Morgan fingerprint density at radius 1 is 1.00 bits per heavy atom. The van der Waals surface area contributed by atoms with Gasteiger partial charge in [-0.15, -0.1) is 0 Å². The van der Waals surface area contributed by atoms with E-state index in [0.717, 1.165) is 55.1 Å². The van der Waals surface area contributed by atoms with E-state index in [4.69, 9.17) is 4.98 Å². The van der Waals surface area contributed by atoms with Crippen LogP contribution in [0.3, 0.4) is 0 Å². The second kappa shape index (κ2) is 8.23. The third-order valence-electron chi connectivity index (χ3n) is 5.91. The first-order valence-corrected chi connectivity index (χ1v) is 10.4. The second-order valence-electron chi connectivity index (χ2n) is 7.91. The zero-order valence-corrected chi connectivity index (χ0v) is 17.2. The lowest BCUT2D eigenvalue weighted by Gasteiger charge is -2.36. The lowest BCUT2D eigenvalue weighted by atomic mass is 10.1. The molecule has 6 heteroatoms. The Labute approximate surface area is 172 Å². The van der Waals surface area contributed by atoms with E-state index in [0.29, 0.717) is 13.1 Å². The van der Waals surface area contributed by atoms with E-state index in [2.05, 4.69) is 17.0 Å². The maximum Gasteiger partial charge on any atom is 0.253 e. The number of likely N-dealkylation sites (tertiary alicyclic amines) is 1. The van der Waals surface area contributed by atoms with Crippen molar-refractivity contribution >= 4 is 17.5 Å². The molecule has 152 valence electrons. The molecule has 0 bridgehead atoms. The van der Waals surface area contributed by atoms with Gasteiger partial charge >= 0.3 is 0 Å². The van der Waals surface area contributed by atoms with E-state index in [-0.39, 0.29) is 17.9 Å². The molecule has 1 aromatic heterocycles. The number of nitrogens with zero attached hydrogens (tertiary/aromatic N) is 4. The van der Waals surface area contributed by atoms with Crippen LogP contribution in [0.25, 0.3) is 0 Å². The van der Waals surface area contributed by atoms with E-state index in [1.54, 1.807) is 6.92 Å². The van der Waals surface area contributed by atoms with E-state index in [1.807, 2.05) is 47.1 Å². The molecule has 3 heterocycles. The van der Waals surface area contributed by atoms with E-state index in [1.165, 1.54) is 0 Å². The fraction of sp³-hybridized carbons (Fsp3) is 0.435. The van der Waals surface area contributed by atoms with Crippen molar-refractivity contribution in [1.29, 1.82) is 0 Å². The number of carbonyl (C=O) groups is 2. The van der Waals surface area contributed by atoms with Gasteiger partial charge in [0.1, 0.15) is 0 Å². The topological polar surface area (TPSA) is 56.8 Å². The highest BCUT2D eigenvalue weighted by atomic mass is 16.2. The van der Waals surface area contributed by atoms with Gasteiger partial charge in [0.25, 0.3) is 5.91 Å². The summed E-state index contributed by atoms with van der Waals surface area (Å²) in [6.07, 6.45) is 1.99. The molecule has 0 N–H and O–H groups in total. The molecular weight excluding hydrogens is 364 g/mol. The minimum absolute atomic E-state index is 0.0760. The normalized spacial score (nSPS) is 19.5. The third-order valence-corrected chi connectivity index (χ3v) is 5.91. The van der Waals surface area contributed by atoms with Crippen LogP contribution >= 0.6 is 0 Å². The summed E-state index contributed by atoms with van der Waals surface area (Å²) in [5.41, 5.74) is 3.83. The molecule has 0 aliphatic carbocycles. The zero-order chi connectivity index (χ0) is 20.4. The van der Waals surface area contributed by atoms with Gasteiger partial charge in [0.15, 0.2) is 0 Å². The van der Waals surface area contributed by atoms with Crippen molar-refractivity contribution in [1.82, 2.24) is 14.8 Å². The summed E-state index contributed by atoms with van der Waals surface area (Å²) in [7, 11) is 0. The molecule has 1 aromatic carbocycles. The molecule has 2 aliphatic rings. The highest BCUT2D eigenvalue weighted by molar-refractivity contribution is 5.94. The van der Waals surface area contributed by atoms with Crippen LogP contribution in [-0.2, 0) is 4.79 Å². The van der Waals surface area contributed by atoms with Crippen molar-refractivity contribution in [2.75, 3.05) is 37.6 Å². The quantitative estimate of drug-likeness (QED) is 0.806. The van der Waals surface area contributed by atoms with E-state index < -0.39 is 0 Å². The van der Waals surface area contributed by atoms with Crippen LogP contribution in [0.1, 0.15) is 47.6 Å². The first-order valence-electron chi connectivity index (χ1n) is 10.4. The van der Waals surface area contributed by atoms with E-state index >= 15 is 0 Å². The first kappa shape index (κ1) is 19.4. The highest BCUT2D eigenvalue weighted by Gasteiger charge is 2.30. The molecule has 4 rings (SSSR count). The second-order valence-corrected chi connectivity index (χ2v) is 7.91. The van der Waals surface area contributed by atoms with Gasteiger partial charge < -0.3 is 14.7 Å². The summed E-state index contributed by atoms with van der Waals surface area (Å²) in [5.74, 6) is 0.213. The van der Waals surface area contributed by atoms with Crippen LogP contribution < -0.4 is 4.90 Å². The molecule has 2 aromatic rings. The third kappa shape index (κ3) is 4.11.